The minimum Gasteiger partial charge on any atom is -0.334 e. The van der Waals surface area contributed by atoms with Crippen LogP contribution in [0.3, 0.4) is 0 Å². The fraction of sp³-hybridized carbons (Fsp3) is 0.0256. The summed E-state index contributed by atoms with van der Waals surface area (Å²) in [6.07, 6.45) is 9.79. The zero-order valence-electron chi connectivity index (χ0n) is 45.5. The molecule has 0 N–H and O–H groups in total. The number of anilines is 11. The maximum absolute atomic E-state index is 2.43. The Morgan fingerprint density at radius 3 is 0.622 bits per heavy atom. The molecule has 392 valence electrons. The van der Waals surface area contributed by atoms with E-state index in [2.05, 4.69) is 365 Å². The molecular formula is C78H60N4. The molecule has 12 aromatic carbocycles. The molecule has 0 saturated heterocycles. The average Bonchev–Trinajstić information content (AvgIpc) is 3.76. The summed E-state index contributed by atoms with van der Waals surface area (Å²) in [6, 6.07) is 116. The van der Waals surface area contributed by atoms with Crippen molar-refractivity contribution < 1.29 is 0 Å². The van der Waals surface area contributed by atoms with Gasteiger partial charge in [-0.15, -0.1) is 0 Å². The largest absolute Gasteiger partial charge is 0.334 e. The van der Waals surface area contributed by atoms with Crippen molar-refractivity contribution in [2.75, 3.05) is 19.6 Å². The maximum Gasteiger partial charge on any atom is 0.0559 e. The van der Waals surface area contributed by atoms with Crippen LogP contribution in [0.1, 0.15) is 6.42 Å². The van der Waals surface area contributed by atoms with E-state index >= 15 is 0 Å². The molecule has 0 spiro atoms. The molecule has 0 aromatic heterocycles. The van der Waals surface area contributed by atoms with E-state index in [9.17, 15) is 0 Å². The summed E-state index contributed by atoms with van der Waals surface area (Å²) in [7, 11) is 0. The van der Waals surface area contributed by atoms with Crippen LogP contribution in [-0.4, -0.2) is 6.04 Å². The van der Waals surface area contributed by atoms with Gasteiger partial charge in [0.15, 0.2) is 0 Å². The minimum absolute atomic E-state index is 0.263. The monoisotopic (exact) mass is 1050 g/mol. The molecule has 13 rings (SSSR count). The molecule has 12 aromatic rings. The van der Waals surface area contributed by atoms with Gasteiger partial charge in [0.2, 0.25) is 0 Å². The van der Waals surface area contributed by atoms with Gasteiger partial charge in [0.1, 0.15) is 0 Å². The zero-order chi connectivity index (χ0) is 54.9. The SMILES string of the molecule is C1=CCC(N(c2ccccc2)c2ccc(-c3ccc(N(c4ccccc4)c4ccc(-c5ccc(-c6ccc(N(c7ccccc7)c7ccc(-c8ccc(N(c9ccccc9)c9ccccc9)cc8)cc7)cc6)cc5)cc4)cc3)cc2)C=C1. The lowest BCUT2D eigenvalue weighted by Gasteiger charge is -2.32. The lowest BCUT2D eigenvalue weighted by molar-refractivity contribution is 0.785. The number of hydrogen-bond donors (Lipinski definition) is 0. The summed E-state index contributed by atoms with van der Waals surface area (Å²) in [5.41, 5.74) is 21.7. The lowest BCUT2D eigenvalue weighted by atomic mass is 9.99. The first kappa shape index (κ1) is 50.8. The number of rotatable bonds is 16. The van der Waals surface area contributed by atoms with Crippen molar-refractivity contribution in [2.24, 2.45) is 0 Å². The molecule has 1 aliphatic carbocycles. The highest BCUT2D eigenvalue weighted by atomic mass is 15.2. The normalized spacial score (nSPS) is 12.6. The third kappa shape index (κ3) is 11.0. The van der Waals surface area contributed by atoms with Crippen LogP contribution in [0.2, 0.25) is 0 Å². The maximum atomic E-state index is 2.43. The Morgan fingerprint density at radius 2 is 0.390 bits per heavy atom. The third-order valence-corrected chi connectivity index (χ3v) is 15.4. The van der Waals surface area contributed by atoms with Crippen molar-refractivity contribution in [2.45, 2.75) is 12.5 Å². The Kier molecular flexibility index (Phi) is 14.7. The van der Waals surface area contributed by atoms with Crippen molar-refractivity contribution in [1.82, 2.24) is 0 Å². The van der Waals surface area contributed by atoms with Gasteiger partial charge in [-0.05, 0) is 184 Å². The summed E-state index contributed by atoms with van der Waals surface area (Å²) in [5, 5.41) is 0. The first-order chi connectivity index (χ1) is 40.7. The summed E-state index contributed by atoms with van der Waals surface area (Å²) in [6.45, 7) is 0. The van der Waals surface area contributed by atoms with Gasteiger partial charge in [-0.1, -0.05) is 212 Å². The topological polar surface area (TPSA) is 13.0 Å². The molecule has 0 bridgehead atoms. The highest BCUT2D eigenvalue weighted by Crippen LogP contribution is 2.41. The van der Waals surface area contributed by atoms with Crippen molar-refractivity contribution in [3.63, 3.8) is 0 Å². The van der Waals surface area contributed by atoms with Crippen molar-refractivity contribution in [3.05, 3.63) is 346 Å². The number of nitrogens with zero attached hydrogens (tertiary/aromatic N) is 4. The number of allylic oxidation sites excluding steroid dienone is 2. The highest BCUT2D eigenvalue weighted by Gasteiger charge is 2.20. The van der Waals surface area contributed by atoms with Crippen LogP contribution in [0.25, 0.3) is 44.5 Å². The van der Waals surface area contributed by atoms with Crippen LogP contribution in [-0.2, 0) is 0 Å². The van der Waals surface area contributed by atoms with Crippen LogP contribution in [0.4, 0.5) is 62.6 Å². The highest BCUT2D eigenvalue weighted by molar-refractivity contribution is 5.84. The van der Waals surface area contributed by atoms with Gasteiger partial charge in [0, 0.05) is 62.6 Å². The van der Waals surface area contributed by atoms with E-state index < -0.39 is 0 Å². The second-order valence-electron chi connectivity index (χ2n) is 20.5. The molecule has 1 unspecified atom stereocenters. The van der Waals surface area contributed by atoms with E-state index in [1.165, 1.54) is 39.2 Å². The first-order valence-electron chi connectivity index (χ1n) is 28.2. The van der Waals surface area contributed by atoms with Crippen molar-refractivity contribution in [3.8, 4) is 44.5 Å². The first-order valence-corrected chi connectivity index (χ1v) is 28.2. The van der Waals surface area contributed by atoms with Gasteiger partial charge < -0.3 is 19.6 Å². The Balaban J connectivity index is 0.701. The summed E-state index contributed by atoms with van der Waals surface area (Å²) >= 11 is 0. The summed E-state index contributed by atoms with van der Waals surface area (Å²) in [4.78, 5) is 9.37. The lowest BCUT2D eigenvalue weighted by Crippen LogP contribution is -2.29. The van der Waals surface area contributed by atoms with E-state index in [0.717, 1.165) is 74.3 Å². The quantitative estimate of drug-likeness (QED) is 0.0956. The van der Waals surface area contributed by atoms with Crippen molar-refractivity contribution >= 4 is 62.6 Å². The van der Waals surface area contributed by atoms with Crippen LogP contribution in [0.15, 0.2) is 346 Å². The molecule has 4 nitrogen and oxygen atoms in total. The van der Waals surface area contributed by atoms with Gasteiger partial charge in [-0.25, -0.2) is 0 Å². The zero-order valence-corrected chi connectivity index (χ0v) is 45.5. The summed E-state index contributed by atoms with van der Waals surface area (Å²) in [5.74, 6) is 0. The van der Waals surface area contributed by atoms with Crippen LogP contribution in [0, 0.1) is 0 Å². The Labute approximate surface area is 482 Å². The molecule has 0 aliphatic heterocycles. The Hall–Kier alpha value is -10.7. The Bertz CT molecular complexity index is 4000. The molecule has 4 heteroatoms. The molecule has 0 amide bonds. The van der Waals surface area contributed by atoms with Crippen LogP contribution < -0.4 is 19.6 Å². The average molecular weight is 1050 g/mol. The predicted octanol–water partition coefficient (Wildman–Crippen LogP) is 21.8. The third-order valence-electron chi connectivity index (χ3n) is 15.4. The van der Waals surface area contributed by atoms with Gasteiger partial charge in [0.25, 0.3) is 0 Å². The van der Waals surface area contributed by atoms with Crippen LogP contribution >= 0.6 is 0 Å². The van der Waals surface area contributed by atoms with E-state index in [4.69, 9.17) is 0 Å². The number of benzene rings is 12. The van der Waals surface area contributed by atoms with Crippen molar-refractivity contribution in [1.29, 1.82) is 0 Å². The van der Waals surface area contributed by atoms with E-state index in [0.29, 0.717) is 0 Å². The fourth-order valence-corrected chi connectivity index (χ4v) is 11.2. The van der Waals surface area contributed by atoms with Crippen LogP contribution in [0.5, 0.6) is 0 Å². The Morgan fingerprint density at radius 1 is 0.195 bits per heavy atom. The molecule has 0 radical (unpaired) electrons. The summed E-state index contributed by atoms with van der Waals surface area (Å²) < 4.78 is 0. The van der Waals surface area contributed by atoms with Gasteiger partial charge in [-0.3, -0.25) is 0 Å². The smallest absolute Gasteiger partial charge is 0.0559 e. The fourth-order valence-electron chi connectivity index (χ4n) is 11.2. The standard InChI is InChI=1S/C78H60N4/c1-7-19-67(20-8-1)79(68-21-9-2-10-22-68)73-47-39-63(40-48-73)65-43-55-77(56-44-65)81(71-27-15-5-16-28-71)75-51-35-61(36-52-75)59-31-33-60(34-32-59)62-37-53-76(54-38-62)82(72-29-17-6-18-30-72)78-57-45-66(46-58-78)64-41-49-74(50-42-64)80(69-23-11-3-12-24-69)70-25-13-4-14-26-70/h1-25,27-58,70H,26H2. The van der Waals surface area contributed by atoms with E-state index in [1.807, 2.05) is 0 Å². The molecule has 82 heavy (non-hydrogen) atoms. The minimum atomic E-state index is 0.263. The molecule has 1 atom stereocenters. The molecule has 0 saturated carbocycles. The van der Waals surface area contributed by atoms with E-state index in [1.54, 1.807) is 0 Å². The number of para-hydroxylation sites is 5. The number of hydrogen-bond acceptors (Lipinski definition) is 4. The van der Waals surface area contributed by atoms with Gasteiger partial charge >= 0.3 is 0 Å². The molecule has 1 aliphatic rings. The molecular weight excluding hydrogens is 993 g/mol. The van der Waals surface area contributed by atoms with Gasteiger partial charge in [-0.2, -0.15) is 0 Å². The van der Waals surface area contributed by atoms with Gasteiger partial charge in [0.05, 0.1) is 6.04 Å². The molecule has 0 fully saturated rings. The molecule has 0 heterocycles. The second kappa shape index (κ2) is 23.7. The van der Waals surface area contributed by atoms with E-state index in [-0.39, 0.29) is 6.04 Å². The second-order valence-corrected chi connectivity index (χ2v) is 20.5. The predicted molar refractivity (Wildman–Crippen MR) is 348 cm³/mol.